The summed E-state index contributed by atoms with van der Waals surface area (Å²) in [7, 11) is 1.62. The average molecular weight is 412 g/mol. The molecular weight excluding hydrogens is 388 g/mol. The fourth-order valence-corrected chi connectivity index (χ4v) is 3.77. The monoisotopic (exact) mass is 412 g/mol. The minimum Gasteiger partial charge on any atom is -0.497 e. The van der Waals surface area contributed by atoms with Gasteiger partial charge in [-0.1, -0.05) is 12.1 Å². The SMILES string of the molecule is COc1ccc(C2(CNC(=O)C(=O)Nc3ccc4c(c3)OCO4)CCOCC2)cc1. The van der Waals surface area contributed by atoms with Gasteiger partial charge in [0.25, 0.3) is 0 Å². The van der Waals surface area contributed by atoms with Crippen LogP contribution in [-0.2, 0) is 19.7 Å². The largest absolute Gasteiger partial charge is 0.497 e. The van der Waals surface area contributed by atoms with Crippen LogP contribution in [0.1, 0.15) is 18.4 Å². The zero-order chi connectivity index (χ0) is 21.0. The number of carbonyl (C=O) groups is 2. The van der Waals surface area contributed by atoms with Gasteiger partial charge in [0.2, 0.25) is 6.79 Å². The molecule has 0 spiro atoms. The van der Waals surface area contributed by atoms with Gasteiger partial charge in [0.05, 0.1) is 7.11 Å². The lowest BCUT2D eigenvalue weighted by Gasteiger charge is -2.38. The van der Waals surface area contributed by atoms with Crippen LogP contribution in [0.3, 0.4) is 0 Å². The highest BCUT2D eigenvalue weighted by atomic mass is 16.7. The first kappa shape index (κ1) is 20.0. The molecule has 1 fully saturated rings. The lowest BCUT2D eigenvalue weighted by atomic mass is 9.74. The average Bonchev–Trinajstić information content (AvgIpc) is 3.26. The van der Waals surface area contributed by atoms with Crippen molar-refractivity contribution in [3.8, 4) is 17.2 Å². The number of ether oxygens (including phenoxy) is 4. The molecule has 0 unspecified atom stereocenters. The van der Waals surface area contributed by atoms with Crippen LogP contribution in [0.4, 0.5) is 5.69 Å². The molecule has 4 rings (SSSR count). The molecule has 2 amide bonds. The molecule has 8 nitrogen and oxygen atoms in total. The molecule has 158 valence electrons. The summed E-state index contributed by atoms with van der Waals surface area (Å²) < 4.78 is 21.3. The minimum absolute atomic E-state index is 0.143. The summed E-state index contributed by atoms with van der Waals surface area (Å²) in [5.41, 5.74) is 1.26. The number of nitrogens with one attached hydrogen (secondary N) is 2. The first-order chi connectivity index (χ1) is 14.6. The van der Waals surface area contributed by atoms with E-state index in [9.17, 15) is 9.59 Å². The van der Waals surface area contributed by atoms with E-state index >= 15 is 0 Å². The molecule has 0 saturated carbocycles. The highest BCUT2D eigenvalue weighted by molar-refractivity contribution is 6.39. The quantitative estimate of drug-likeness (QED) is 0.732. The van der Waals surface area contributed by atoms with E-state index in [4.69, 9.17) is 18.9 Å². The summed E-state index contributed by atoms with van der Waals surface area (Å²) in [6.45, 7) is 1.69. The Morgan fingerprint density at radius 2 is 1.73 bits per heavy atom. The Balaban J connectivity index is 1.41. The third kappa shape index (κ3) is 4.18. The highest BCUT2D eigenvalue weighted by Crippen LogP contribution is 2.36. The van der Waals surface area contributed by atoms with Crippen molar-refractivity contribution in [2.75, 3.05) is 39.0 Å². The van der Waals surface area contributed by atoms with Crippen molar-refractivity contribution in [3.63, 3.8) is 0 Å². The van der Waals surface area contributed by atoms with Crippen LogP contribution in [0, 0.1) is 0 Å². The van der Waals surface area contributed by atoms with E-state index in [1.54, 1.807) is 25.3 Å². The van der Waals surface area contributed by atoms with Gasteiger partial charge in [-0.25, -0.2) is 0 Å². The Labute approximate surface area is 174 Å². The van der Waals surface area contributed by atoms with Gasteiger partial charge in [-0.05, 0) is 42.7 Å². The molecule has 0 atom stereocenters. The minimum atomic E-state index is -0.731. The fraction of sp³-hybridized carbons (Fsp3) is 0.364. The van der Waals surface area contributed by atoms with Crippen LogP contribution >= 0.6 is 0 Å². The van der Waals surface area contributed by atoms with E-state index in [-0.39, 0.29) is 12.2 Å². The highest BCUT2D eigenvalue weighted by Gasteiger charge is 2.35. The number of methoxy groups -OCH3 is 1. The molecule has 0 bridgehead atoms. The van der Waals surface area contributed by atoms with Gasteiger partial charge in [0.1, 0.15) is 5.75 Å². The fourth-order valence-electron chi connectivity index (χ4n) is 3.77. The molecule has 2 aliphatic heterocycles. The molecule has 0 aliphatic carbocycles. The van der Waals surface area contributed by atoms with E-state index in [0.717, 1.165) is 24.2 Å². The molecule has 0 radical (unpaired) electrons. The van der Waals surface area contributed by atoms with E-state index in [0.29, 0.717) is 36.9 Å². The molecule has 2 heterocycles. The Hall–Kier alpha value is -3.26. The third-order valence-corrected chi connectivity index (χ3v) is 5.58. The smallest absolute Gasteiger partial charge is 0.313 e. The topological polar surface area (TPSA) is 95.1 Å². The lowest BCUT2D eigenvalue weighted by molar-refractivity contribution is -0.136. The van der Waals surface area contributed by atoms with Crippen molar-refractivity contribution in [1.82, 2.24) is 5.32 Å². The van der Waals surface area contributed by atoms with E-state index in [1.807, 2.05) is 24.3 Å². The standard InChI is InChI=1S/C22H24N2O6/c1-27-17-5-2-15(3-6-17)22(8-10-28-11-9-22)13-23-20(25)21(26)24-16-4-7-18-19(12-16)30-14-29-18/h2-7,12H,8-11,13-14H2,1H3,(H,23,25)(H,24,26). The molecule has 2 N–H and O–H groups in total. The van der Waals surface area contributed by atoms with Crippen molar-refractivity contribution >= 4 is 17.5 Å². The van der Waals surface area contributed by atoms with Crippen molar-refractivity contribution in [2.45, 2.75) is 18.3 Å². The van der Waals surface area contributed by atoms with Gasteiger partial charge in [-0.2, -0.15) is 0 Å². The van der Waals surface area contributed by atoms with Gasteiger partial charge in [-0.3, -0.25) is 9.59 Å². The van der Waals surface area contributed by atoms with Crippen LogP contribution < -0.4 is 24.8 Å². The van der Waals surface area contributed by atoms with E-state index in [2.05, 4.69) is 10.6 Å². The number of amides is 2. The molecule has 8 heteroatoms. The van der Waals surface area contributed by atoms with Gasteiger partial charge in [0.15, 0.2) is 11.5 Å². The molecule has 2 aliphatic rings. The number of benzene rings is 2. The van der Waals surface area contributed by atoms with Crippen LogP contribution in [0.2, 0.25) is 0 Å². The second-order valence-corrected chi connectivity index (χ2v) is 7.33. The van der Waals surface area contributed by atoms with Gasteiger partial charge in [0, 0.05) is 36.9 Å². The first-order valence-corrected chi connectivity index (χ1v) is 9.81. The lowest BCUT2D eigenvalue weighted by Crippen LogP contribution is -2.47. The van der Waals surface area contributed by atoms with E-state index in [1.165, 1.54) is 0 Å². The summed E-state index contributed by atoms with van der Waals surface area (Å²) in [6.07, 6.45) is 1.51. The first-order valence-electron chi connectivity index (χ1n) is 9.81. The Bertz CT molecular complexity index is 922. The molecule has 0 aromatic heterocycles. The summed E-state index contributed by atoms with van der Waals surface area (Å²) in [5.74, 6) is 0.498. The van der Waals surface area contributed by atoms with Crippen molar-refractivity contribution in [1.29, 1.82) is 0 Å². The summed E-state index contributed by atoms with van der Waals surface area (Å²) in [6, 6.07) is 12.8. The predicted octanol–water partition coefficient (Wildman–Crippen LogP) is 2.23. The third-order valence-electron chi connectivity index (χ3n) is 5.58. The number of fused-ring (bicyclic) bond motifs is 1. The maximum atomic E-state index is 12.5. The maximum Gasteiger partial charge on any atom is 0.313 e. The second-order valence-electron chi connectivity index (χ2n) is 7.33. The van der Waals surface area contributed by atoms with Crippen LogP contribution in [0.25, 0.3) is 0 Å². The number of carbonyl (C=O) groups excluding carboxylic acids is 2. The predicted molar refractivity (Wildman–Crippen MR) is 109 cm³/mol. The van der Waals surface area contributed by atoms with Gasteiger partial charge < -0.3 is 29.6 Å². The Kier molecular flexibility index (Phi) is 5.76. The normalized spacial score (nSPS) is 16.6. The van der Waals surface area contributed by atoms with Crippen molar-refractivity contribution in [2.24, 2.45) is 0 Å². The molecule has 2 aromatic carbocycles. The molecular formula is C22H24N2O6. The number of hydrogen-bond acceptors (Lipinski definition) is 6. The van der Waals surface area contributed by atoms with Crippen LogP contribution in [-0.4, -0.2) is 45.5 Å². The number of hydrogen-bond donors (Lipinski definition) is 2. The van der Waals surface area contributed by atoms with E-state index < -0.39 is 11.8 Å². The van der Waals surface area contributed by atoms with Crippen molar-refractivity contribution in [3.05, 3.63) is 48.0 Å². The summed E-state index contributed by atoms with van der Waals surface area (Å²) in [4.78, 5) is 24.8. The Morgan fingerprint density at radius 3 is 2.47 bits per heavy atom. The second kappa shape index (κ2) is 8.62. The van der Waals surface area contributed by atoms with Crippen LogP contribution in [0.15, 0.2) is 42.5 Å². The zero-order valence-electron chi connectivity index (χ0n) is 16.7. The number of anilines is 1. The molecule has 1 saturated heterocycles. The summed E-state index contributed by atoms with van der Waals surface area (Å²) >= 11 is 0. The molecule has 2 aromatic rings. The van der Waals surface area contributed by atoms with Crippen LogP contribution in [0.5, 0.6) is 17.2 Å². The zero-order valence-corrected chi connectivity index (χ0v) is 16.7. The summed E-state index contributed by atoms with van der Waals surface area (Å²) in [5, 5.41) is 5.40. The maximum absolute atomic E-state index is 12.5. The van der Waals surface area contributed by atoms with Crippen molar-refractivity contribution < 1.29 is 28.5 Å². The number of rotatable bonds is 5. The van der Waals surface area contributed by atoms with Gasteiger partial charge >= 0.3 is 11.8 Å². The Morgan fingerprint density at radius 1 is 1.00 bits per heavy atom. The van der Waals surface area contributed by atoms with Gasteiger partial charge in [-0.15, -0.1) is 0 Å². The molecule has 30 heavy (non-hydrogen) atoms.